The highest BCUT2D eigenvalue weighted by atomic mass is 32.2. The summed E-state index contributed by atoms with van der Waals surface area (Å²) >= 11 is 0. The summed E-state index contributed by atoms with van der Waals surface area (Å²) < 4.78 is 67.8. The third-order valence-corrected chi connectivity index (χ3v) is 13.1. The molecular weight excluding hydrogens is 821 g/mol. The van der Waals surface area contributed by atoms with Crippen molar-refractivity contribution in [3.05, 3.63) is 114 Å². The largest absolute Gasteiger partial charge is 0.744 e. The second kappa shape index (κ2) is 21.8. The number of aliphatic carboxylic acids is 1. The lowest BCUT2D eigenvalue weighted by Gasteiger charge is -2.31. The van der Waals surface area contributed by atoms with E-state index in [2.05, 4.69) is 84.9 Å². The molecule has 0 radical (unpaired) electrons. The molecule has 63 heavy (non-hydrogen) atoms. The van der Waals surface area contributed by atoms with Gasteiger partial charge < -0.3 is 38.2 Å². The smallest absolute Gasteiger partial charge is 0.303 e. The highest BCUT2D eigenvalue weighted by molar-refractivity contribution is 7.86. The summed E-state index contributed by atoms with van der Waals surface area (Å²) in [5.41, 5.74) is 5.51. The van der Waals surface area contributed by atoms with Crippen LogP contribution in [0.4, 0.5) is 11.4 Å². The van der Waals surface area contributed by atoms with Gasteiger partial charge in [0.1, 0.15) is 16.7 Å². The van der Waals surface area contributed by atoms with E-state index in [9.17, 15) is 22.9 Å². The number of allylic oxidation sites excluding steroid dienone is 6. The minimum atomic E-state index is -4.76. The summed E-state index contributed by atoms with van der Waals surface area (Å²) in [6, 6.07) is 21.4. The van der Waals surface area contributed by atoms with E-state index in [4.69, 9.17) is 23.7 Å². The van der Waals surface area contributed by atoms with Crippen molar-refractivity contribution in [2.24, 2.45) is 0 Å². The van der Waals surface area contributed by atoms with Crippen LogP contribution in [0, 0.1) is 0 Å². The van der Waals surface area contributed by atoms with Crippen LogP contribution in [0.3, 0.4) is 0 Å². The maximum absolute atomic E-state index is 12.5. The average Bonchev–Trinajstić information content (AvgIpc) is 3.63. The number of carboxylic acid groups (broad SMARTS) is 1. The van der Waals surface area contributed by atoms with Crippen LogP contribution in [0.5, 0.6) is 0 Å². The van der Waals surface area contributed by atoms with Crippen molar-refractivity contribution < 1.29 is 51.1 Å². The lowest BCUT2D eigenvalue weighted by molar-refractivity contribution is -0.441. The second-order valence-electron chi connectivity index (χ2n) is 16.7. The summed E-state index contributed by atoms with van der Waals surface area (Å²) in [7, 11) is -1.41. The number of unbranched alkanes of at least 4 members (excludes halogenated alkanes) is 2. The first-order valence-electron chi connectivity index (χ1n) is 21.8. The van der Waals surface area contributed by atoms with Crippen LogP contribution in [0.2, 0.25) is 0 Å². The first-order chi connectivity index (χ1) is 30.3. The molecule has 0 amide bonds. The van der Waals surface area contributed by atoms with E-state index in [1.807, 2.05) is 24.3 Å². The van der Waals surface area contributed by atoms with E-state index >= 15 is 0 Å². The molecule has 2 aliphatic heterocycles. The third kappa shape index (κ3) is 11.0. The first-order valence-corrected chi connectivity index (χ1v) is 23.2. The fourth-order valence-corrected chi connectivity index (χ4v) is 9.86. The predicted octanol–water partition coefficient (Wildman–Crippen LogP) is 8.43. The molecule has 0 aromatic heterocycles. The van der Waals surface area contributed by atoms with Crippen molar-refractivity contribution in [2.45, 2.75) is 68.6 Å². The van der Waals surface area contributed by atoms with Crippen molar-refractivity contribution >= 4 is 54.7 Å². The Hall–Kier alpha value is -4.73. The van der Waals surface area contributed by atoms with Crippen molar-refractivity contribution in [3.8, 4) is 0 Å². The zero-order valence-electron chi connectivity index (χ0n) is 37.3. The van der Waals surface area contributed by atoms with Crippen LogP contribution in [0.25, 0.3) is 21.5 Å². The van der Waals surface area contributed by atoms with Crippen LogP contribution in [-0.2, 0) is 49.4 Å². The zero-order chi connectivity index (χ0) is 45.0. The fourth-order valence-electron chi connectivity index (χ4n) is 9.16. The number of hydrogen-bond acceptors (Lipinski definition) is 10. The van der Waals surface area contributed by atoms with Gasteiger partial charge in [-0.3, -0.25) is 4.79 Å². The predicted molar refractivity (Wildman–Crippen MR) is 247 cm³/mol. The van der Waals surface area contributed by atoms with E-state index in [1.165, 1.54) is 33.8 Å². The van der Waals surface area contributed by atoms with Crippen molar-refractivity contribution in [2.75, 3.05) is 85.1 Å². The zero-order valence-corrected chi connectivity index (χ0v) is 38.1. The Balaban J connectivity index is 1.34. The third-order valence-electron chi connectivity index (χ3n) is 12.2. The van der Waals surface area contributed by atoms with Crippen LogP contribution in [0.15, 0.2) is 108 Å². The number of anilines is 1. The number of rotatable bonds is 25. The Labute approximate surface area is 372 Å². The van der Waals surface area contributed by atoms with Crippen molar-refractivity contribution in [1.82, 2.24) is 0 Å². The molecule has 4 aromatic carbocycles. The van der Waals surface area contributed by atoms with Gasteiger partial charge in [0.25, 0.3) is 0 Å². The summed E-state index contributed by atoms with van der Waals surface area (Å²) in [4.78, 5) is 13.3. The van der Waals surface area contributed by atoms with Gasteiger partial charge in [0.15, 0.2) is 12.3 Å². The van der Waals surface area contributed by atoms with Crippen LogP contribution >= 0.6 is 0 Å². The molecule has 1 unspecified atom stereocenters. The van der Waals surface area contributed by atoms with Gasteiger partial charge in [0.2, 0.25) is 5.69 Å². The molecule has 6 rings (SSSR count). The van der Waals surface area contributed by atoms with E-state index in [0.717, 1.165) is 29.8 Å². The Morgan fingerprint density at radius 1 is 0.746 bits per heavy atom. The van der Waals surface area contributed by atoms with Gasteiger partial charge in [0.05, 0.1) is 50.0 Å². The molecule has 0 saturated heterocycles. The lowest BCUT2D eigenvalue weighted by Crippen LogP contribution is -2.30. The average molecular weight is 883 g/mol. The minimum absolute atomic E-state index is 0.102. The molecular formula is C50H62N2O10S. The SMILES string of the molecule is COCCOCCOCCOCCC1(C)\C(=C/C=C/C=C/C2=[N+](CCOC)c3ccc4ccccc4c3C2(C)C)N(CCCCCC(=O)O)c2ccc3c(S(=O)(=O)[O-])cccc3c21. The number of carbonyl (C=O) groups is 1. The van der Waals surface area contributed by atoms with Gasteiger partial charge in [-0.15, -0.1) is 0 Å². The van der Waals surface area contributed by atoms with E-state index in [0.29, 0.717) is 89.6 Å². The van der Waals surface area contributed by atoms with Gasteiger partial charge in [-0.1, -0.05) is 67.1 Å². The summed E-state index contributed by atoms with van der Waals surface area (Å²) in [5.74, 6) is -0.817. The molecule has 1 N–H and O–H groups in total. The van der Waals surface area contributed by atoms with Gasteiger partial charge in [-0.05, 0) is 91.4 Å². The van der Waals surface area contributed by atoms with Crippen LogP contribution in [0.1, 0.15) is 64.0 Å². The lowest BCUT2D eigenvalue weighted by atomic mass is 9.76. The molecule has 0 spiro atoms. The standard InChI is InChI=1S/C50H62N2O10S/c1-49(2)44(52(28-30-58-4)41-24-22-37-15-11-12-16-38(37)47(41)49)19-8-6-9-20-45-50(3,26-29-60-33-34-62-36-35-61-32-31-59-5)48-40-17-14-18-43(63(55,56)57)39(40)23-25-42(48)51(45)27-13-7-10-21-46(53)54/h6,8-9,11-12,14-20,22-25H,7,10,13,21,26-36H2,1-5H3,(H-,53,54,55,56,57). The molecule has 4 aromatic rings. The first kappa shape index (κ1) is 47.7. The maximum atomic E-state index is 12.5. The monoisotopic (exact) mass is 882 g/mol. The Morgan fingerprint density at radius 2 is 1.44 bits per heavy atom. The number of hydrogen-bond donors (Lipinski definition) is 1. The normalized spacial score (nSPS) is 17.9. The Morgan fingerprint density at radius 3 is 2.16 bits per heavy atom. The second-order valence-corrected chi connectivity index (χ2v) is 18.0. The van der Waals surface area contributed by atoms with Crippen molar-refractivity contribution in [3.63, 3.8) is 0 Å². The minimum Gasteiger partial charge on any atom is -0.744 e. The Bertz CT molecular complexity index is 2470. The van der Waals surface area contributed by atoms with Crippen molar-refractivity contribution in [1.29, 1.82) is 0 Å². The number of methoxy groups -OCH3 is 2. The summed E-state index contributed by atoms with van der Waals surface area (Å²) in [6.07, 6.45) is 13.1. The number of carboxylic acids is 1. The molecule has 0 bridgehead atoms. The quantitative estimate of drug-likeness (QED) is 0.0296. The van der Waals surface area contributed by atoms with E-state index < -0.39 is 21.5 Å². The molecule has 0 saturated carbocycles. The maximum Gasteiger partial charge on any atom is 0.303 e. The summed E-state index contributed by atoms with van der Waals surface area (Å²) in [5, 5.41) is 12.8. The highest BCUT2D eigenvalue weighted by Crippen LogP contribution is 2.53. The molecule has 338 valence electrons. The molecule has 0 fully saturated rings. The van der Waals surface area contributed by atoms with Gasteiger partial charge in [-0.2, -0.15) is 4.58 Å². The number of fused-ring (bicyclic) bond motifs is 6. The van der Waals surface area contributed by atoms with Gasteiger partial charge >= 0.3 is 5.97 Å². The number of ether oxygens (including phenoxy) is 5. The molecule has 13 heteroatoms. The van der Waals surface area contributed by atoms with Gasteiger partial charge in [-0.25, -0.2) is 8.42 Å². The summed E-state index contributed by atoms with van der Waals surface area (Å²) in [6.45, 7) is 11.7. The molecule has 12 nitrogen and oxygen atoms in total. The fraction of sp³-hybridized carbons (Fsp3) is 0.440. The highest BCUT2D eigenvalue weighted by Gasteiger charge is 2.46. The van der Waals surface area contributed by atoms with E-state index in [-0.39, 0.29) is 16.7 Å². The molecule has 2 aliphatic rings. The Kier molecular flexibility index (Phi) is 16.5. The number of nitrogens with zero attached hydrogens (tertiary/aromatic N) is 2. The van der Waals surface area contributed by atoms with Gasteiger partial charge in [0, 0.05) is 68.3 Å². The topological polar surface area (TPSA) is 147 Å². The molecule has 2 heterocycles. The van der Waals surface area contributed by atoms with Crippen LogP contribution < -0.4 is 4.90 Å². The number of benzene rings is 4. The van der Waals surface area contributed by atoms with Crippen LogP contribution in [-0.4, -0.2) is 114 Å². The molecule has 0 aliphatic carbocycles. The van der Waals surface area contributed by atoms with E-state index in [1.54, 1.807) is 26.4 Å². The molecule has 1 atom stereocenters.